The first-order valence-electron chi connectivity index (χ1n) is 6.07. The van der Waals surface area contributed by atoms with Gasteiger partial charge in [-0.3, -0.25) is 4.79 Å². The molecule has 1 aromatic carbocycles. The number of hydrogen-bond acceptors (Lipinski definition) is 3. The summed E-state index contributed by atoms with van der Waals surface area (Å²) in [5.41, 5.74) is 0.0181. The Kier molecular flexibility index (Phi) is 3.81. The molecular weight excluding hydrogens is 235 g/mol. The lowest BCUT2D eigenvalue weighted by Gasteiger charge is -2.32. The first-order valence-corrected chi connectivity index (χ1v) is 6.07. The van der Waals surface area contributed by atoms with E-state index in [4.69, 9.17) is 5.11 Å². The molecule has 0 saturated carbocycles. The van der Waals surface area contributed by atoms with E-state index >= 15 is 0 Å². The van der Waals surface area contributed by atoms with Crippen molar-refractivity contribution in [2.24, 2.45) is 0 Å². The zero-order valence-electron chi connectivity index (χ0n) is 10.3. The number of aromatic hydroxyl groups is 1. The smallest absolute Gasteiger partial charge is 0.256 e. The van der Waals surface area contributed by atoms with Crippen LogP contribution in [0.3, 0.4) is 0 Å². The monoisotopic (exact) mass is 252 g/mol. The Morgan fingerprint density at radius 3 is 3.00 bits per heavy atom. The van der Waals surface area contributed by atoms with Gasteiger partial charge in [0.15, 0.2) is 0 Å². The van der Waals surface area contributed by atoms with E-state index in [9.17, 15) is 9.18 Å². The SMILES string of the molecule is CNC1CCCN(C(=O)c2ccc(O)cc2F)C1. The number of nitrogens with one attached hydrogen (secondary N) is 1. The number of likely N-dealkylation sites (tertiary alicyclic amines) is 1. The van der Waals surface area contributed by atoms with Crippen molar-refractivity contribution >= 4 is 5.91 Å². The maximum absolute atomic E-state index is 13.6. The number of benzene rings is 1. The normalized spacial score (nSPS) is 19.9. The molecule has 1 unspecified atom stereocenters. The molecule has 18 heavy (non-hydrogen) atoms. The predicted molar refractivity (Wildman–Crippen MR) is 66.1 cm³/mol. The first-order chi connectivity index (χ1) is 8.61. The van der Waals surface area contributed by atoms with Crippen LogP contribution in [0.4, 0.5) is 4.39 Å². The molecule has 0 radical (unpaired) electrons. The second kappa shape index (κ2) is 5.35. The van der Waals surface area contributed by atoms with Gasteiger partial charge in [-0.05, 0) is 32.0 Å². The van der Waals surface area contributed by atoms with E-state index in [1.54, 1.807) is 4.90 Å². The summed E-state index contributed by atoms with van der Waals surface area (Å²) in [5.74, 6) is -1.16. The van der Waals surface area contributed by atoms with Gasteiger partial charge in [-0.1, -0.05) is 0 Å². The van der Waals surface area contributed by atoms with Crippen LogP contribution >= 0.6 is 0 Å². The molecule has 2 rings (SSSR count). The van der Waals surface area contributed by atoms with Gasteiger partial charge in [0.05, 0.1) is 5.56 Å². The number of amides is 1. The number of nitrogens with zero attached hydrogens (tertiary/aromatic N) is 1. The number of carbonyl (C=O) groups excluding carboxylic acids is 1. The molecule has 1 fully saturated rings. The standard InChI is InChI=1S/C13H17FN2O2/c1-15-9-3-2-6-16(8-9)13(18)11-5-4-10(17)7-12(11)14/h4-5,7,9,15,17H,2-3,6,8H2,1H3. The van der Waals surface area contributed by atoms with E-state index < -0.39 is 5.82 Å². The summed E-state index contributed by atoms with van der Waals surface area (Å²) in [4.78, 5) is 13.8. The Morgan fingerprint density at radius 2 is 2.33 bits per heavy atom. The van der Waals surface area contributed by atoms with Crippen LogP contribution in [0, 0.1) is 5.82 Å². The molecule has 5 heteroatoms. The quantitative estimate of drug-likeness (QED) is 0.835. The van der Waals surface area contributed by atoms with Crippen molar-refractivity contribution in [3.63, 3.8) is 0 Å². The third-order valence-corrected chi connectivity index (χ3v) is 3.30. The average Bonchev–Trinajstić information content (AvgIpc) is 2.38. The minimum atomic E-state index is -0.674. The number of phenolic OH excluding ortho intramolecular Hbond substituents is 1. The van der Waals surface area contributed by atoms with Crippen LogP contribution in [0.5, 0.6) is 5.75 Å². The van der Waals surface area contributed by atoms with Crippen molar-refractivity contribution < 1.29 is 14.3 Å². The molecule has 0 bridgehead atoms. The zero-order valence-corrected chi connectivity index (χ0v) is 10.3. The second-order valence-electron chi connectivity index (χ2n) is 4.54. The van der Waals surface area contributed by atoms with E-state index in [0.717, 1.165) is 18.9 Å². The minimum Gasteiger partial charge on any atom is -0.508 e. The summed E-state index contributed by atoms with van der Waals surface area (Å²) in [7, 11) is 1.86. The summed E-state index contributed by atoms with van der Waals surface area (Å²) in [6, 6.07) is 3.89. The van der Waals surface area contributed by atoms with Crippen molar-refractivity contribution in [3.05, 3.63) is 29.6 Å². The lowest BCUT2D eigenvalue weighted by Crippen LogP contribution is -2.47. The van der Waals surface area contributed by atoms with Gasteiger partial charge in [0.2, 0.25) is 0 Å². The van der Waals surface area contributed by atoms with Crippen molar-refractivity contribution in [2.45, 2.75) is 18.9 Å². The van der Waals surface area contributed by atoms with E-state index in [1.165, 1.54) is 12.1 Å². The van der Waals surface area contributed by atoms with Crippen molar-refractivity contribution in [3.8, 4) is 5.75 Å². The van der Waals surface area contributed by atoms with E-state index in [-0.39, 0.29) is 23.3 Å². The van der Waals surface area contributed by atoms with Gasteiger partial charge in [-0.2, -0.15) is 0 Å². The Balaban J connectivity index is 2.15. The highest BCUT2D eigenvalue weighted by Crippen LogP contribution is 2.19. The highest BCUT2D eigenvalue weighted by atomic mass is 19.1. The topological polar surface area (TPSA) is 52.6 Å². The molecule has 1 amide bonds. The number of likely N-dealkylation sites (N-methyl/N-ethyl adjacent to an activating group) is 1. The lowest BCUT2D eigenvalue weighted by atomic mass is 10.0. The molecule has 4 nitrogen and oxygen atoms in total. The Hall–Kier alpha value is -1.62. The zero-order chi connectivity index (χ0) is 13.1. The van der Waals surface area contributed by atoms with Crippen LogP contribution in [-0.4, -0.2) is 42.1 Å². The molecule has 1 aromatic rings. The summed E-state index contributed by atoms with van der Waals surface area (Å²) in [6.07, 6.45) is 1.94. The molecule has 2 N–H and O–H groups in total. The molecule has 1 saturated heterocycles. The van der Waals surface area contributed by atoms with Crippen LogP contribution < -0.4 is 5.32 Å². The third kappa shape index (κ3) is 2.61. The molecule has 1 aliphatic heterocycles. The average molecular weight is 252 g/mol. The second-order valence-corrected chi connectivity index (χ2v) is 4.54. The molecule has 0 spiro atoms. The van der Waals surface area contributed by atoms with Crippen LogP contribution in [0.15, 0.2) is 18.2 Å². The number of phenols is 1. The lowest BCUT2D eigenvalue weighted by molar-refractivity contribution is 0.0693. The Labute approximate surface area is 105 Å². The molecule has 0 aliphatic carbocycles. The molecule has 1 aliphatic rings. The van der Waals surface area contributed by atoms with Gasteiger partial charge >= 0.3 is 0 Å². The fourth-order valence-electron chi connectivity index (χ4n) is 2.25. The highest BCUT2D eigenvalue weighted by molar-refractivity contribution is 5.94. The fraction of sp³-hybridized carbons (Fsp3) is 0.462. The van der Waals surface area contributed by atoms with Gasteiger partial charge in [-0.15, -0.1) is 0 Å². The maximum Gasteiger partial charge on any atom is 0.256 e. The minimum absolute atomic E-state index is 0.0181. The molecule has 1 atom stereocenters. The van der Waals surface area contributed by atoms with E-state index in [1.807, 2.05) is 7.05 Å². The largest absolute Gasteiger partial charge is 0.508 e. The van der Waals surface area contributed by atoms with Gasteiger partial charge in [0, 0.05) is 25.2 Å². The Morgan fingerprint density at radius 1 is 1.56 bits per heavy atom. The van der Waals surface area contributed by atoms with Crippen molar-refractivity contribution in [2.75, 3.05) is 20.1 Å². The number of rotatable bonds is 2. The molecular formula is C13H17FN2O2. The van der Waals surface area contributed by atoms with E-state index in [2.05, 4.69) is 5.32 Å². The van der Waals surface area contributed by atoms with E-state index in [0.29, 0.717) is 13.1 Å². The van der Waals surface area contributed by atoms with Crippen LogP contribution in [-0.2, 0) is 0 Å². The first kappa shape index (κ1) is 12.8. The molecule has 1 heterocycles. The number of halogens is 1. The molecule has 0 aromatic heterocycles. The van der Waals surface area contributed by atoms with Gasteiger partial charge in [0.25, 0.3) is 5.91 Å². The van der Waals surface area contributed by atoms with Gasteiger partial charge < -0.3 is 15.3 Å². The summed E-state index contributed by atoms with van der Waals surface area (Å²) in [5, 5.41) is 12.3. The fourth-order valence-corrected chi connectivity index (χ4v) is 2.25. The summed E-state index contributed by atoms with van der Waals surface area (Å²) >= 11 is 0. The van der Waals surface area contributed by atoms with Gasteiger partial charge in [0.1, 0.15) is 11.6 Å². The maximum atomic E-state index is 13.6. The number of carbonyl (C=O) groups is 1. The Bertz CT molecular complexity index is 451. The third-order valence-electron chi connectivity index (χ3n) is 3.30. The highest BCUT2D eigenvalue weighted by Gasteiger charge is 2.25. The van der Waals surface area contributed by atoms with Crippen LogP contribution in [0.25, 0.3) is 0 Å². The predicted octanol–water partition coefficient (Wildman–Crippen LogP) is 1.36. The number of piperidine rings is 1. The van der Waals surface area contributed by atoms with Crippen LogP contribution in [0.2, 0.25) is 0 Å². The number of hydrogen-bond donors (Lipinski definition) is 2. The van der Waals surface area contributed by atoms with Crippen molar-refractivity contribution in [1.82, 2.24) is 10.2 Å². The summed E-state index contributed by atoms with van der Waals surface area (Å²) < 4.78 is 13.6. The summed E-state index contributed by atoms with van der Waals surface area (Å²) in [6.45, 7) is 1.24. The molecule has 98 valence electrons. The van der Waals surface area contributed by atoms with Gasteiger partial charge in [-0.25, -0.2) is 4.39 Å². The van der Waals surface area contributed by atoms with Crippen molar-refractivity contribution in [1.29, 1.82) is 0 Å². The van der Waals surface area contributed by atoms with Crippen LogP contribution in [0.1, 0.15) is 23.2 Å².